The summed E-state index contributed by atoms with van der Waals surface area (Å²) in [4.78, 5) is 0. The van der Waals surface area contributed by atoms with Gasteiger partial charge in [-0.25, -0.2) is 0 Å². The summed E-state index contributed by atoms with van der Waals surface area (Å²) in [6, 6.07) is 0. The van der Waals surface area contributed by atoms with Gasteiger partial charge in [0.15, 0.2) is 0 Å². The summed E-state index contributed by atoms with van der Waals surface area (Å²) in [5.41, 5.74) is -0.342. The lowest BCUT2D eigenvalue weighted by atomic mass is 9.80. The van der Waals surface area contributed by atoms with Crippen LogP contribution in [0.15, 0.2) is 0 Å². The Bertz CT molecular complexity index is 164. The minimum atomic E-state index is -0.342. The van der Waals surface area contributed by atoms with Gasteiger partial charge in [0, 0.05) is 6.54 Å². The SMILES string of the molecule is OC1(CNCC2CCSC2)CCC1. The monoisotopic (exact) mass is 201 g/mol. The molecular weight excluding hydrogens is 182 g/mol. The van der Waals surface area contributed by atoms with E-state index in [1.165, 1.54) is 24.3 Å². The fourth-order valence-corrected chi connectivity index (χ4v) is 3.30. The first kappa shape index (κ1) is 9.81. The average Bonchev–Trinajstić information content (AvgIpc) is 2.54. The Balaban J connectivity index is 1.57. The minimum absolute atomic E-state index is 0.342. The second-order valence-electron chi connectivity index (χ2n) is 4.44. The molecule has 13 heavy (non-hydrogen) atoms. The summed E-state index contributed by atoms with van der Waals surface area (Å²) >= 11 is 2.06. The standard InChI is InChI=1S/C10H19NOS/c12-10(3-1-4-10)8-11-6-9-2-5-13-7-9/h9,11-12H,1-8H2. The molecule has 1 aliphatic heterocycles. The van der Waals surface area contributed by atoms with E-state index in [0.717, 1.165) is 31.8 Å². The van der Waals surface area contributed by atoms with Crippen LogP contribution in [-0.4, -0.2) is 35.3 Å². The molecule has 2 fully saturated rings. The van der Waals surface area contributed by atoms with Crippen molar-refractivity contribution in [3.05, 3.63) is 0 Å². The summed E-state index contributed by atoms with van der Waals surface area (Å²) in [5, 5.41) is 13.2. The van der Waals surface area contributed by atoms with E-state index in [4.69, 9.17) is 0 Å². The van der Waals surface area contributed by atoms with Crippen molar-refractivity contribution in [2.75, 3.05) is 24.6 Å². The smallest absolute Gasteiger partial charge is 0.0771 e. The Morgan fingerprint density at radius 2 is 2.31 bits per heavy atom. The van der Waals surface area contributed by atoms with Gasteiger partial charge >= 0.3 is 0 Å². The van der Waals surface area contributed by atoms with E-state index < -0.39 is 0 Å². The van der Waals surface area contributed by atoms with Crippen LogP contribution in [0, 0.1) is 5.92 Å². The van der Waals surface area contributed by atoms with Gasteiger partial charge in [-0.05, 0) is 49.7 Å². The first-order chi connectivity index (χ1) is 6.29. The number of rotatable bonds is 4. The van der Waals surface area contributed by atoms with Crippen molar-refractivity contribution in [2.24, 2.45) is 5.92 Å². The number of thioether (sulfide) groups is 1. The zero-order chi connectivity index (χ0) is 9.15. The maximum absolute atomic E-state index is 9.82. The molecule has 76 valence electrons. The average molecular weight is 201 g/mol. The Kier molecular flexibility index (Phi) is 3.17. The number of nitrogens with one attached hydrogen (secondary N) is 1. The number of hydrogen-bond donors (Lipinski definition) is 2. The third-order valence-corrected chi connectivity index (χ3v) is 4.43. The van der Waals surface area contributed by atoms with Gasteiger partial charge in [0.05, 0.1) is 5.60 Å². The van der Waals surface area contributed by atoms with Crippen molar-refractivity contribution >= 4 is 11.8 Å². The van der Waals surface area contributed by atoms with Gasteiger partial charge in [0.1, 0.15) is 0 Å². The Morgan fingerprint density at radius 1 is 1.46 bits per heavy atom. The molecule has 1 atom stereocenters. The third kappa shape index (κ3) is 2.61. The first-order valence-corrected chi connectivity index (χ1v) is 6.45. The van der Waals surface area contributed by atoms with Crippen LogP contribution >= 0.6 is 11.8 Å². The second-order valence-corrected chi connectivity index (χ2v) is 5.59. The normalized spacial score (nSPS) is 31.6. The van der Waals surface area contributed by atoms with E-state index in [2.05, 4.69) is 17.1 Å². The van der Waals surface area contributed by atoms with Crippen LogP contribution in [0.2, 0.25) is 0 Å². The molecule has 2 N–H and O–H groups in total. The molecule has 0 spiro atoms. The predicted molar refractivity (Wildman–Crippen MR) is 57.1 cm³/mol. The van der Waals surface area contributed by atoms with Gasteiger partial charge in [-0.2, -0.15) is 11.8 Å². The zero-order valence-corrected chi connectivity index (χ0v) is 8.91. The molecular formula is C10H19NOS. The molecule has 2 nitrogen and oxygen atoms in total. The lowest BCUT2D eigenvalue weighted by Gasteiger charge is -2.37. The van der Waals surface area contributed by atoms with Crippen molar-refractivity contribution in [3.8, 4) is 0 Å². The highest BCUT2D eigenvalue weighted by molar-refractivity contribution is 7.99. The van der Waals surface area contributed by atoms with Crippen LogP contribution in [-0.2, 0) is 0 Å². The fourth-order valence-electron chi connectivity index (χ4n) is 2.01. The molecule has 1 saturated heterocycles. The fraction of sp³-hybridized carbons (Fsp3) is 1.00. The van der Waals surface area contributed by atoms with Crippen LogP contribution in [0.4, 0.5) is 0 Å². The maximum atomic E-state index is 9.82. The largest absolute Gasteiger partial charge is 0.389 e. The lowest BCUT2D eigenvalue weighted by molar-refractivity contribution is -0.0315. The molecule has 1 saturated carbocycles. The van der Waals surface area contributed by atoms with E-state index in [1.807, 2.05) is 0 Å². The molecule has 0 aromatic heterocycles. The minimum Gasteiger partial charge on any atom is -0.389 e. The van der Waals surface area contributed by atoms with Crippen LogP contribution < -0.4 is 5.32 Å². The van der Waals surface area contributed by atoms with Gasteiger partial charge in [-0.1, -0.05) is 0 Å². The highest BCUT2D eigenvalue weighted by Crippen LogP contribution is 2.30. The summed E-state index contributed by atoms with van der Waals surface area (Å²) in [7, 11) is 0. The van der Waals surface area contributed by atoms with E-state index >= 15 is 0 Å². The van der Waals surface area contributed by atoms with Crippen LogP contribution in [0.25, 0.3) is 0 Å². The highest BCUT2D eigenvalue weighted by Gasteiger charge is 2.33. The van der Waals surface area contributed by atoms with Gasteiger partial charge < -0.3 is 10.4 Å². The highest BCUT2D eigenvalue weighted by atomic mass is 32.2. The molecule has 0 radical (unpaired) electrons. The van der Waals surface area contributed by atoms with Crippen molar-refractivity contribution in [2.45, 2.75) is 31.3 Å². The van der Waals surface area contributed by atoms with Crippen LogP contribution in [0.5, 0.6) is 0 Å². The van der Waals surface area contributed by atoms with Crippen LogP contribution in [0.1, 0.15) is 25.7 Å². The Morgan fingerprint density at radius 3 is 2.85 bits per heavy atom. The van der Waals surface area contributed by atoms with E-state index in [9.17, 15) is 5.11 Å². The summed E-state index contributed by atoms with van der Waals surface area (Å²) in [6.07, 6.45) is 4.56. The molecule has 1 aliphatic carbocycles. The predicted octanol–water partition coefficient (Wildman–Crippen LogP) is 1.24. The van der Waals surface area contributed by atoms with E-state index in [1.54, 1.807) is 0 Å². The Hall–Kier alpha value is 0.270. The number of hydrogen-bond acceptors (Lipinski definition) is 3. The molecule has 3 heteroatoms. The third-order valence-electron chi connectivity index (χ3n) is 3.20. The lowest BCUT2D eigenvalue weighted by Crippen LogP contribution is -2.47. The van der Waals surface area contributed by atoms with Gasteiger partial charge in [0.25, 0.3) is 0 Å². The maximum Gasteiger partial charge on any atom is 0.0771 e. The molecule has 1 heterocycles. The summed E-state index contributed by atoms with van der Waals surface area (Å²) in [6.45, 7) is 1.92. The van der Waals surface area contributed by atoms with Gasteiger partial charge in [0.2, 0.25) is 0 Å². The Labute approximate surface area is 84.5 Å². The molecule has 2 rings (SSSR count). The van der Waals surface area contributed by atoms with Crippen molar-refractivity contribution in [1.82, 2.24) is 5.32 Å². The van der Waals surface area contributed by atoms with E-state index in [-0.39, 0.29) is 5.60 Å². The van der Waals surface area contributed by atoms with E-state index in [0.29, 0.717) is 0 Å². The topological polar surface area (TPSA) is 32.3 Å². The van der Waals surface area contributed by atoms with Crippen LogP contribution in [0.3, 0.4) is 0 Å². The number of aliphatic hydroxyl groups is 1. The van der Waals surface area contributed by atoms with Crippen molar-refractivity contribution < 1.29 is 5.11 Å². The first-order valence-electron chi connectivity index (χ1n) is 5.29. The second kappa shape index (κ2) is 4.20. The zero-order valence-electron chi connectivity index (χ0n) is 8.09. The van der Waals surface area contributed by atoms with Crippen molar-refractivity contribution in [1.29, 1.82) is 0 Å². The molecule has 0 aromatic carbocycles. The summed E-state index contributed by atoms with van der Waals surface area (Å²) in [5.74, 6) is 3.50. The molecule has 0 aromatic rings. The summed E-state index contributed by atoms with van der Waals surface area (Å²) < 4.78 is 0. The molecule has 0 amide bonds. The van der Waals surface area contributed by atoms with Crippen molar-refractivity contribution in [3.63, 3.8) is 0 Å². The molecule has 2 aliphatic rings. The van der Waals surface area contributed by atoms with Gasteiger partial charge in [-0.15, -0.1) is 0 Å². The van der Waals surface area contributed by atoms with Gasteiger partial charge in [-0.3, -0.25) is 0 Å². The molecule has 0 bridgehead atoms. The quantitative estimate of drug-likeness (QED) is 0.718. The molecule has 1 unspecified atom stereocenters.